The van der Waals surface area contributed by atoms with E-state index in [4.69, 9.17) is 0 Å². The lowest BCUT2D eigenvalue weighted by atomic mass is 10.2. The summed E-state index contributed by atoms with van der Waals surface area (Å²) in [5, 5.41) is 10.9. The maximum atomic E-state index is 12.6. The predicted molar refractivity (Wildman–Crippen MR) is 104 cm³/mol. The van der Waals surface area contributed by atoms with Crippen molar-refractivity contribution >= 4 is 22.9 Å². The van der Waals surface area contributed by atoms with Crippen LogP contribution in [0.5, 0.6) is 0 Å². The number of aromatic nitrogens is 5. The first-order valence-corrected chi connectivity index (χ1v) is 8.95. The number of hydrogen-bond donors (Lipinski definition) is 1. The summed E-state index contributed by atoms with van der Waals surface area (Å²) in [6.07, 6.45) is 2.59. The first-order valence-electron chi connectivity index (χ1n) is 8.95. The second kappa shape index (κ2) is 7.41. The Kier molecular flexibility index (Phi) is 4.65. The lowest BCUT2D eigenvalue weighted by molar-refractivity contribution is 0.102. The van der Waals surface area contributed by atoms with E-state index in [2.05, 4.69) is 27.5 Å². The van der Waals surface area contributed by atoms with Gasteiger partial charge in [0.2, 0.25) is 5.95 Å². The number of para-hydroxylation sites is 2. The Morgan fingerprint density at radius 2 is 1.85 bits per heavy atom. The van der Waals surface area contributed by atoms with Crippen LogP contribution in [0.1, 0.15) is 29.4 Å². The molecule has 1 N–H and O–H groups in total. The fourth-order valence-corrected chi connectivity index (χ4v) is 3.04. The Morgan fingerprint density at radius 3 is 2.67 bits per heavy atom. The van der Waals surface area contributed by atoms with Crippen molar-refractivity contribution in [2.75, 3.05) is 5.32 Å². The van der Waals surface area contributed by atoms with E-state index < -0.39 is 0 Å². The fraction of sp³-hybridized carbons (Fsp3) is 0.200. The lowest BCUT2D eigenvalue weighted by Crippen LogP contribution is -2.16. The van der Waals surface area contributed by atoms with E-state index in [1.54, 1.807) is 10.9 Å². The molecule has 0 aliphatic carbocycles. The van der Waals surface area contributed by atoms with E-state index in [0.717, 1.165) is 29.6 Å². The van der Waals surface area contributed by atoms with Crippen molar-refractivity contribution in [3.05, 3.63) is 72.1 Å². The Balaban J connectivity index is 1.54. The van der Waals surface area contributed by atoms with Crippen LogP contribution < -0.4 is 5.32 Å². The molecule has 136 valence electrons. The summed E-state index contributed by atoms with van der Waals surface area (Å²) in [5.41, 5.74) is 3.22. The third kappa shape index (κ3) is 3.57. The van der Waals surface area contributed by atoms with Crippen LogP contribution >= 0.6 is 0 Å². The zero-order valence-corrected chi connectivity index (χ0v) is 15.0. The van der Waals surface area contributed by atoms with Gasteiger partial charge in [0.25, 0.3) is 5.91 Å². The first kappa shape index (κ1) is 17.0. The summed E-state index contributed by atoms with van der Waals surface area (Å²) in [4.78, 5) is 17.2. The number of carbonyl (C=O) groups excluding carboxylic acids is 1. The quantitative estimate of drug-likeness (QED) is 0.572. The number of benzene rings is 2. The Hall–Kier alpha value is -3.48. The second-order valence-corrected chi connectivity index (χ2v) is 6.32. The maximum Gasteiger partial charge on any atom is 0.280 e. The molecule has 7 nitrogen and oxygen atoms in total. The number of fused-ring (bicyclic) bond motifs is 1. The first-order chi connectivity index (χ1) is 13.2. The van der Waals surface area contributed by atoms with Crippen molar-refractivity contribution in [3.63, 3.8) is 0 Å². The monoisotopic (exact) mass is 360 g/mol. The van der Waals surface area contributed by atoms with E-state index in [9.17, 15) is 4.79 Å². The highest BCUT2D eigenvalue weighted by Gasteiger charge is 2.16. The molecule has 0 atom stereocenters. The number of anilines is 1. The number of aryl methyl sites for hydroxylation is 1. The van der Waals surface area contributed by atoms with Gasteiger partial charge in [0.1, 0.15) is 0 Å². The molecule has 7 heteroatoms. The summed E-state index contributed by atoms with van der Waals surface area (Å²) in [7, 11) is 0. The van der Waals surface area contributed by atoms with Crippen molar-refractivity contribution in [2.45, 2.75) is 26.4 Å². The van der Waals surface area contributed by atoms with E-state index >= 15 is 0 Å². The zero-order valence-electron chi connectivity index (χ0n) is 15.0. The number of amides is 1. The van der Waals surface area contributed by atoms with Crippen LogP contribution in [0.2, 0.25) is 0 Å². The van der Waals surface area contributed by atoms with Gasteiger partial charge >= 0.3 is 0 Å². The molecule has 2 heterocycles. The van der Waals surface area contributed by atoms with Gasteiger partial charge in [-0.15, -0.1) is 5.10 Å². The third-order valence-corrected chi connectivity index (χ3v) is 4.29. The molecule has 1 amide bonds. The number of nitrogens with one attached hydrogen (secondary N) is 1. The molecule has 0 radical (unpaired) electrons. The van der Waals surface area contributed by atoms with Gasteiger partial charge in [-0.2, -0.15) is 0 Å². The number of imidazole rings is 1. The average Bonchev–Trinajstić information content (AvgIpc) is 3.28. The standard InChI is InChI=1S/C20H20N6O/c1-2-12-26-18-11-7-6-10-16(18)21-20(26)22-19(27)17-14-25(24-23-17)13-15-8-4-3-5-9-15/h3-11,14H,2,12-13H2,1H3,(H,21,22,27). The van der Waals surface area contributed by atoms with Gasteiger partial charge in [0.15, 0.2) is 5.69 Å². The molecular formula is C20H20N6O. The molecule has 27 heavy (non-hydrogen) atoms. The van der Waals surface area contributed by atoms with Gasteiger partial charge in [0, 0.05) is 6.54 Å². The highest BCUT2D eigenvalue weighted by Crippen LogP contribution is 2.20. The molecule has 0 aliphatic rings. The Bertz CT molecular complexity index is 1070. The van der Waals surface area contributed by atoms with Gasteiger partial charge in [0.05, 0.1) is 23.8 Å². The number of hydrogen-bond acceptors (Lipinski definition) is 4. The summed E-state index contributed by atoms with van der Waals surface area (Å²) < 4.78 is 3.67. The fourth-order valence-electron chi connectivity index (χ4n) is 3.04. The molecule has 4 rings (SSSR count). The minimum atomic E-state index is -0.318. The minimum absolute atomic E-state index is 0.265. The molecule has 0 unspecified atom stereocenters. The molecule has 0 spiro atoms. The largest absolute Gasteiger partial charge is 0.310 e. The van der Waals surface area contributed by atoms with E-state index in [1.165, 1.54) is 0 Å². The van der Waals surface area contributed by atoms with Gasteiger partial charge in [-0.25, -0.2) is 9.67 Å². The summed E-state index contributed by atoms with van der Waals surface area (Å²) >= 11 is 0. The smallest absolute Gasteiger partial charge is 0.280 e. The van der Waals surface area contributed by atoms with Crippen molar-refractivity contribution in [3.8, 4) is 0 Å². The highest BCUT2D eigenvalue weighted by molar-refractivity contribution is 6.02. The van der Waals surface area contributed by atoms with Crippen LogP contribution in [-0.4, -0.2) is 30.5 Å². The SMILES string of the molecule is CCCn1c(NC(=O)c2cn(Cc3ccccc3)nn2)nc2ccccc21. The lowest BCUT2D eigenvalue weighted by Gasteiger charge is -2.07. The van der Waals surface area contributed by atoms with Crippen LogP contribution in [0.25, 0.3) is 11.0 Å². The van der Waals surface area contributed by atoms with Gasteiger partial charge in [-0.05, 0) is 24.1 Å². The Morgan fingerprint density at radius 1 is 1.07 bits per heavy atom. The minimum Gasteiger partial charge on any atom is -0.310 e. The van der Waals surface area contributed by atoms with Crippen molar-refractivity contribution in [1.82, 2.24) is 24.5 Å². The topological polar surface area (TPSA) is 77.6 Å². The van der Waals surface area contributed by atoms with Gasteiger partial charge < -0.3 is 4.57 Å². The molecular weight excluding hydrogens is 340 g/mol. The molecule has 0 aliphatic heterocycles. The number of carbonyl (C=O) groups is 1. The maximum absolute atomic E-state index is 12.6. The van der Waals surface area contributed by atoms with Crippen molar-refractivity contribution in [2.24, 2.45) is 0 Å². The van der Waals surface area contributed by atoms with Crippen molar-refractivity contribution < 1.29 is 4.79 Å². The third-order valence-electron chi connectivity index (χ3n) is 4.29. The number of rotatable bonds is 6. The molecule has 0 fully saturated rings. The molecule has 2 aromatic heterocycles. The normalized spacial score (nSPS) is 11.0. The van der Waals surface area contributed by atoms with E-state index in [1.807, 2.05) is 59.2 Å². The molecule has 4 aromatic rings. The average molecular weight is 360 g/mol. The molecule has 2 aromatic carbocycles. The molecule has 0 saturated carbocycles. The summed E-state index contributed by atoms with van der Waals surface area (Å²) in [6.45, 7) is 3.43. The van der Waals surface area contributed by atoms with Crippen LogP contribution in [0.4, 0.5) is 5.95 Å². The van der Waals surface area contributed by atoms with Crippen LogP contribution in [0.3, 0.4) is 0 Å². The summed E-state index contributed by atoms with van der Waals surface area (Å²) in [6, 6.07) is 17.8. The molecule has 0 bridgehead atoms. The zero-order chi connectivity index (χ0) is 18.6. The predicted octanol–water partition coefficient (Wildman–Crippen LogP) is 3.34. The highest BCUT2D eigenvalue weighted by atomic mass is 16.2. The van der Waals surface area contributed by atoms with E-state index in [0.29, 0.717) is 12.5 Å². The molecule has 0 saturated heterocycles. The van der Waals surface area contributed by atoms with Crippen molar-refractivity contribution in [1.29, 1.82) is 0 Å². The van der Waals surface area contributed by atoms with Crippen LogP contribution in [0.15, 0.2) is 60.8 Å². The van der Waals surface area contributed by atoms with Gasteiger partial charge in [-0.3, -0.25) is 10.1 Å². The van der Waals surface area contributed by atoms with Crippen LogP contribution in [-0.2, 0) is 13.1 Å². The van der Waals surface area contributed by atoms with Gasteiger partial charge in [-0.1, -0.05) is 54.6 Å². The summed E-state index contributed by atoms with van der Waals surface area (Å²) in [5.74, 6) is 0.211. The Labute approximate surface area is 156 Å². The van der Waals surface area contributed by atoms with Crippen LogP contribution in [0, 0.1) is 0 Å². The van der Waals surface area contributed by atoms with E-state index in [-0.39, 0.29) is 11.6 Å². The second-order valence-electron chi connectivity index (χ2n) is 6.32. The number of nitrogens with zero attached hydrogens (tertiary/aromatic N) is 5.